The predicted octanol–water partition coefficient (Wildman–Crippen LogP) is 1.22. The van der Waals surface area contributed by atoms with Gasteiger partial charge in [0.25, 0.3) is 0 Å². The topological polar surface area (TPSA) is 72.6 Å². The van der Waals surface area contributed by atoms with Gasteiger partial charge in [-0.1, -0.05) is 12.2 Å². The minimum Gasteiger partial charge on any atom is -0.376 e. The van der Waals surface area contributed by atoms with Crippen molar-refractivity contribution in [1.82, 2.24) is 4.90 Å². The second-order valence-corrected chi connectivity index (χ2v) is 6.39. The van der Waals surface area contributed by atoms with Gasteiger partial charge in [-0.3, -0.25) is 14.5 Å². The Bertz CT molecular complexity index is 415. The van der Waals surface area contributed by atoms with E-state index in [1.807, 2.05) is 12.2 Å². The van der Waals surface area contributed by atoms with Crippen molar-refractivity contribution in [2.45, 2.75) is 50.7 Å². The van der Waals surface area contributed by atoms with Crippen LogP contribution >= 0.6 is 0 Å². The molecule has 21 heavy (non-hydrogen) atoms. The second kappa shape index (κ2) is 6.28. The van der Waals surface area contributed by atoms with Crippen molar-refractivity contribution < 1.29 is 14.3 Å². The lowest BCUT2D eigenvalue weighted by Crippen LogP contribution is -2.36. The van der Waals surface area contributed by atoms with Crippen LogP contribution < -0.4 is 5.73 Å². The molecule has 3 aliphatic rings. The first-order valence-corrected chi connectivity index (χ1v) is 8.04. The molecule has 116 valence electrons. The highest BCUT2D eigenvalue weighted by molar-refractivity contribution is 6.05. The molecule has 5 nitrogen and oxygen atoms in total. The molecule has 2 fully saturated rings. The minimum absolute atomic E-state index is 0.0105. The zero-order valence-electron chi connectivity index (χ0n) is 12.4. The van der Waals surface area contributed by atoms with Crippen LogP contribution in [0.2, 0.25) is 0 Å². The number of hydrogen-bond donors (Lipinski definition) is 1. The quantitative estimate of drug-likeness (QED) is 0.625. The van der Waals surface area contributed by atoms with Crippen LogP contribution in [0.3, 0.4) is 0 Å². The molecule has 0 aromatic rings. The first-order valence-electron chi connectivity index (χ1n) is 8.04. The number of nitrogens with zero attached hydrogens (tertiary/aromatic N) is 1. The fourth-order valence-corrected chi connectivity index (χ4v) is 3.66. The van der Waals surface area contributed by atoms with Crippen LogP contribution in [-0.2, 0) is 14.3 Å². The van der Waals surface area contributed by atoms with Crippen LogP contribution in [0, 0.1) is 11.8 Å². The van der Waals surface area contributed by atoms with E-state index in [0.29, 0.717) is 32.0 Å². The maximum absolute atomic E-state index is 12.3. The van der Waals surface area contributed by atoms with E-state index in [9.17, 15) is 9.59 Å². The maximum Gasteiger partial charge on any atom is 0.233 e. The molecule has 2 aliphatic carbocycles. The van der Waals surface area contributed by atoms with Crippen molar-refractivity contribution in [3.63, 3.8) is 0 Å². The molecule has 0 radical (unpaired) electrons. The lowest BCUT2D eigenvalue weighted by atomic mass is 9.85. The zero-order valence-corrected chi connectivity index (χ0v) is 12.4. The molecule has 0 aromatic carbocycles. The average molecular weight is 292 g/mol. The molecule has 2 atom stereocenters. The summed E-state index contributed by atoms with van der Waals surface area (Å²) in [5.41, 5.74) is 5.87. The summed E-state index contributed by atoms with van der Waals surface area (Å²) >= 11 is 0. The largest absolute Gasteiger partial charge is 0.376 e. The molecular weight excluding hydrogens is 268 g/mol. The highest BCUT2D eigenvalue weighted by Crippen LogP contribution is 2.34. The van der Waals surface area contributed by atoms with Gasteiger partial charge < -0.3 is 10.5 Å². The molecule has 1 saturated heterocycles. The van der Waals surface area contributed by atoms with Gasteiger partial charge in [-0.25, -0.2) is 0 Å². The summed E-state index contributed by atoms with van der Waals surface area (Å²) in [5.74, 6) is -0.280. The van der Waals surface area contributed by atoms with E-state index >= 15 is 0 Å². The van der Waals surface area contributed by atoms with E-state index in [1.54, 1.807) is 0 Å². The molecule has 1 saturated carbocycles. The Hall–Kier alpha value is -1.20. The number of rotatable bonds is 4. The molecule has 1 heterocycles. The number of likely N-dealkylation sites (tertiary alicyclic amines) is 1. The SMILES string of the molecule is NC1CCC(OCCN2C(=O)C3CC=CCC3C2=O)CC1. The summed E-state index contributed by atoms with van der Waals surface area (Å²) in [6, 6.07) is 0.308. The lowest BCUT2D eigenvalue weighted by molar-refractivity contribution is -0.141. The summed E-state index contributed by atoms with van der Waals surface area (Å²) in [4.78, 5) is 26.0. The normalized spacial score (nSPS) is 36.1. The van der Waals surface area contributed by atoms with Crippen molar-refractivity contribution in [1.29, 1.82) is 0 Å². The van der Waals surface area contributed by atoms with Gasteiger partial charge in [0.05, 0.1) is 31.1 Å². The number of amides is 2. The standard InChI is InChI=1S/C16H24N2O3/c17-11-5-7-12(8-6-11)21-10-9-18-15(19)13-3-1-2-4-14(13)16(18)20/h1-2,11-14H,3-10,17H2. The van der Waals surface area contributed by atoms with Crippen LogP contribution in [0.1, 0.15) is 38.5 Å². The monoisotopic (exact) mass is 292 g/mol. The van der Waals surface area contributed by atoms with Crippen LogP contribution in [-0.4, -0.2) is 42.0 Å². The summed E-state index contributed by atoms with van der Waals surface area (Å²) in [6.07, 6.45) is 9.64. The highest BCUT2D eigenvalue weighted by atomic mass is 16.5. The van der Waals surface area contributed by atoms with Crippen molar-refractivity contribution in [3.05, 3.63) is 12.2 Å². The molecule has 1 aliphatic heterocycles. The molecule has 0 bridgehead atoms. The smallest absolute Gasteiger partial charge is 0.233 e. The van der Waals surface area contributed by atoms with E-state index in [1.165, 1.54) is 4.90 Å². The third-order valence-electron chi connectivity index (χ3n) is 4.99. The average Bonchev–Trinajstić information content (AvgIpc) is 2.75. The third kappa shape index (κ3) is 3.04. The molecule has 2 N–H and O–H groups in total. The minimum atomic E-state index is -0.129. The van der Waals surface area contributed by atoms with Crippen LogP contribution in [0.4, 0.5) is 0 Å². The molecule has 2 amide bonds. The Labute approximate surface area is 125 Å². The lowest BCUT2D eigenvalue weighted by Gasteiger charge is -2.26. The van der Waals surface area contributed by atoms with Crippen molar-refractivity contribution in [2.24, 2.45) is 17.6 Å². The van der Waals surface area contributed by atoms with Gasteiger partial charge in [-0.15, -0.1) is 0 Å². The molecule has 3 rings (SSSR count). The van der Waals surface area contributed by atoms with Gasteiger partial charge in [0.15, 0.2) is 0 Å². The van der Waals surface area contributed by atoms with E-state index < -0.39 is 0 Å². The fourth-order valence-electron chi connectivity index (χ4n) is 3.66. The zero-order chi connectivity index (χ0) is 14.8. The number of hydrogen-bond acceptors (Lipinski definition) is 4. The third-order valence-corrected chi connectivity index (χ3v) is 4.99. The molecule has 0 spiro atoms. The summed E-state index contributed by atoms with van der Waals surface area (Å²) in [5, 5.41) is 0. The maximum atomic E-state index is 12.3. The van der Waals surface area contributed by atoms with E-state index in [0.717, 1.165) is 25.7 Å². The number of ether oxygens (including phenoxy) is 1. The Balaban J connectivity index is 1.47. The van der Waals surface area contributed by atoms with Gasteiger partial charge in [0.2, 0.25) is 11.8 Å². The van der Waals surface area contributed by atoms with Crippen LogP contribution in [0.25, 0.3) is 0 Å². The van der Waals surface area contributed by atoms with Crippen LogP contribution in [0.5, 0.6) is 0 Å². The Morgan fingerprint density at radius 3 is 2.19 bits per heavy atom. The molecular formula is C16H24N2O3. The number of carbonyl (C=O) groups excluding carboxylic acids is 2. The van der Waals surface area contributed by atoms with Crippen molar-refractivity contribution >= 4 is 11.8 Å². The summed E-state index contributed by atoms with van der Waals surface area (Å²) < 4.78 is 5.83. The summed E-state index contributed by atoms with van der Waals surface area (Å²) in [7, 11) is 0. The number of nitrogens with two attached hydrogens (primary N) is 1. The fraction of sp³-hybridized carbons (Fsp3) is 0.750. The predicted molar refractivity (Wildman–Crippen MR) is 78.3 cm³/mol. The van der Waals surface area contributed by atoms with Gasteiger partial charge in [0.1, 0.15) is 0 Å². The first-order chi connectivity index (χ1) is 10.2. The molecule has 0 aromatic heterocycles. The molecule has 2 unspecified atom stereocenters. The van der Waals surface area contributed by atoms with Gasteiger partial charge in [0, 0.05) is 6.04 Å². The Morgan fingerprint density at radius 1 is 1.05 bits per heavy atom. The van der Waals surface area contributed by atoms with Crippen LogP contribution in [0.15, 0.2) is 12.2 Å². The van der Waals surface area contributed by atoms with E-state index in [-0.39, 0.29) is 29.8 Å². The van der Waals surface area contributed by atoms with Gasteiger partial charge >= 0.3 is 0 Å². The van der Waals surface area contributed by atoms with Crippen molar-refractivity contribution in [2.75, 3.05) is 13.2 Å². The molecule has 5 heteroatoms. The Morgan fingerprint density at radius 2 is 1.62 bits per heavy atom. The number of fused-ring (bicyclic) bond motifs is 1. The second-order valence-electron chi connectivity index (χ2n) is 6.39. The van der Waals surface area contributed by atoms with Gasteiger partial charge in [-0.05, 0) is 38.5 Å². The highest BCUT2D eigenvalue weighted by Gasteiger charge is 2.46. The summed E-state index contributed by atoms with van der Waals surface area (Å²) in [6.45, 7) is 0.845. The van der Waals surface area contributed by atoms with E-state index in [4.69, 9.17) is 10.5 Å². The number of allylic oxidation sites excluding steroid dienone is 2. The number of imide groups is 1. The Kier molecular flexibility index (Phi) is 4.40. The number of carbonyl (C=O) groups is 2. The first kappa shape index (κ1) is 14.7. The van der Waals surface area contributed by atoms with Crippen molar-refractivity contribution in [3.8, 4) is 0 Å². The van der Waals surface area contributed by atoms with E-state index in [2.05, 4.69) is 0 Å². The van der Waals surface area contributed by atoms with Gasteiger partial charge in [-0.2, -0.15) is 0 Å².